The topological polar surface area (TPSA) is 126 Å². The first-order chi connectivity index (χ1) is 21.0. The van der Waals surface area contributed by atoms with Crippen LogP contribution in [0, 0.1) is 5.92 Å². The van der Waals surface area contributed by atoms with Crippen LogP contribution in [0.2, 0.25) is 0 Å². The SMILES string of the molecule is CCO[C@@H]1C[C@@H]2CN(C(=O)[C@@H](NC(=O)C(N)CC(F)(F)F)C3CCCCC3)[C@H](C(=O)N[C@@H]3CCOc4ccccc43)CN2C1. The van der Waals surface area contributed by atoms with Crippen molar-refractivity contribution in [2.75, 3.05) is 32.8 Å². The quantitative estimate of drug-likeness (QED) is 0.386. The van der Waals surface area contributed by atoms with Gasteiger partial charge >= 0.3 is 6.18 Å². The van der Waals surface area contributed by atoms with E-state index >= 15 is 0 Å². The van der Waals surface area contributed by atoms with Crippen LogP contribution in [0.1, 0.15) is 69.9 Å². The Morgan fingerprint density at radius 3 is 2.57 bits per heavy atom. The second-order valence-electron chi connectivity index (χ2n) is 12.5. The maximum Gasteiger partial charge on any atom is 0.391 e. The fourth-order valence-electron chi connectivity index (χ4n) is 7.24. The van der Waals surface area contributed by atoms with Gasteiger partial charge in [0.25, 0.3) is 0 Å². The number of fused-ring (bicyclic) bond motifs is 2. The first kappa shape index (κ1) is 32.5. The number of halogens is 3. The van der Waals surface area contributed by atoms with Crippen LogP contribution in [0.3, 0.4) is 0 Å². The maximum absolute atomic E-state index is 14.4. The van der Waals surface area contributed by atoms with Gasteiger partial charge in [0.05, 0.1) is 31.2 Å². The lowest BCUT2D eigenvalue weighted by molar-refractivity contribution is -0.152. The third-order valence-electron chi connectivity index (χ3n) is 9.42. The lowest BCUT2D eigenvalue weighted by atomic mass is 9.82. The van der Waals surface area contributed by atoms with E-state index in [0.717, 1.165) is 24.8 Å². The van der Waals surface area contributed by atoms with Crippen LogP contribution in [0.4, 0.5) is 13.2 Å². The van der Waals surface area contributed by atoms with E-state index in [-0.39, 0.29) is 43.1 Å². The highest BCUT2D eigenvalue weighted by atomic mass is 19.4. The van der Waals surface area contributed by atoms with Crippen LogP contribution in [-0.2, 0) is 19.1 Å². The number of hydrogen-bond donors (Lipinski definition) is 3. The van der Waals surface area contributed by atoms with Crippen molar-refractivity contribution in [3.05, 3.63) is 29.8 Å². The van der Waals surface area contributed by atoms with Crippen molar-refractivity contribution in [3.63, 3.8) is 0 Å². The molecule has 1 aliphatic carbocycles. The highest BCUT2D eigenvalue weighted by Gasteiger charge is 2.48. The van der Waals surface area contributed by atoms with E-state index in [9.17, 15) is 27.6 Å². The number of carbonyl (C=O) groups is 3. The molecule has 0 bridgehead atoms. The monoisotopic (exact) mass is 623 g/mol. The zero-order valence-electron chi connectivity index (χ0n) is 25.2. The molecule has 6 atom stereocenters. The molecule has 3 fully saturated rings. The second-order valence-corrected chi connectivity index (χ2v) is 12.5. The molecule has 244 valence electrons. The summed E-state index contributed by atoms with van der Waals surface area (Å²) in [7, 11) is 0. The van der Waals surface area contributed by atoms with E-state index in [2.05, 4.69) is 15.5 Å². The van der Waals surface area contributed by atoms with Crippen molar-refractivity contribution < 1.29 is 37.0 Å². The molecule has 5 rings (SSSR count). The number of para-hydroxylation sites is 1. The average molecular weight is 624 g/mol. The van der Waals surface area contributed by atoms with Gasteiger partial charge in [-0.15, -0.1) is 0 Å². The van der Waals surface area contributed by atoms with Gasteiger partial charge in [0.15, 0.2) is 0 Å². The number of piperazine rings is 1. The van der Waals surface area contributed by atoms with E-state index < -0.39 is 42.5 Å². The number of nitrogens with one attached hydrogen (secondary N) is 2. The lowest BCUT2D eigenvalue weighted by Gasteiger charge is -2.45. The summed E-state index contributed by atoms with van der Waals surface area (Å²) in [6, 6.07) is 3.40. The Bertz CT molecular complexity index is 1180. The molecule has 0 radical (unpaired) electrons. The minimum absolute atomic E-state index is 0.0275. The Labute approximate surface area is 256 Å². The molecule has 0 spiro atoms. The molecule has 1 unspecified atom stereocenters. The van der Waals surface area contributed by atoms with Gasteiger partial charge in [-0.1, -0.05) is 37.5 Å². The number of benzene rings is 1. The maximum atomic E-state index is 14.4. The number of alkyl halides is 3. The predicted molar refractivity (Wildman–Crippen MR) is 155 cm³/mol. The molecule has 4 aliphatic rings. The smallest absolute Gasteiger partial charge is 0.391 e. The minimum Gasteiger partial charge on any atom is -0.493 e. The number of nitrogens with zero attached hydrogens (tertiary/aromatic N) is 2. The molecule has 1 aromatic rings. The fourth-order valence-corrected chi connectivity index (χ4v) is 7.24. The van der Waals surface area contributed by atoms with Gasteiger partial charge in [-0.25, -0.2) is 0 Å². The summed E-state index contributed by atoms with van der Waals surface area (Å²) < 4.78 is 50.8. The molecule has 44 heavy (non-hydrogen) atoms. The van der Waals surface area contributed by atoms with Crippen molar-refractivity contribution in [1.82, 2.24) is 20.4 Å². The summed E-state index contributed by atoms with van der Waals surface area (Å²) in [5.41, 5.74) is 6.50. The largest absolute Gasteiger partial charge is 0.493 e. The molecule has 2 saturated heterocycles. The van der Waals surface area contributed by atoms with Gasteiger partial charge in [-0.3, -0.25) is 19.3 Å². The zero-order valence-corrected chi connectivity index (χ0v) is 25.2. The third-order valence-corrected chi connectivity index (χ3v) is 9.42. The Kier molecular flexibility index (Phi) is 10.4. The highest BCUT2D eigenvalue weighted by molar-refractivity contribution is 5.93. The van der Waals surface area contributed by atoms with Crippen LogP contribution in [-0.4, -0.2) is 96.8 Å². The van der Waals surface area contributed by atoms with Gasteiger partial charge in [0, 0.05) is 44.3 Å². The predicted octanol–water partition coefficient (Wildman–Crippen LogP) is 2.66. The van der Waals surface area contributed by atoms with Gasteiger partial charge in [-0.05, 0) is 38.2 Å². The van der Waals surface area contributed by atoms with Crippen LogP contribution >= 0.6 is 0 Å². The first-order valence-corrected chi connectivity index (χ1v) is 15.8. The molecular weight excluding hydrogens is 579 g/mol. The molecule has 3 amide bonds. The summed E-state index contributed by atoms with van der Waals surface area (Å²) in [4.78, 5) is 45.1. The number of ether oxygens (including phenoxy) is 2. The molecule has 13 heteroatoms. The summed E-state index contributed by atoms with van der Waals surface area (Å²) in [5, 5.41) is 5.75. The molecule has 3 aliphatic heterocycles. The van der Waals surface area contributed by atoms with Gasteiger partial charge in [0.1, 0.15) is 17.8 Å². The third kappa shape index (κ3) is 7.66. The molecule has 10 nitrogen and oxygen atoms in total. The standard InChI is InChI=1S/C31H44F3N5O5/c1-2-43-21-14-20-16-39(30(42)27(19-8-4-3-5-9-19)37-28(40)23(35)15-31(32,33)34)25(18-38(20)17-21)29(41)36-24-12-13-44-26-11-7-6-10-22(24)26/h6-7,10-11,19-21,23-25,27H,2-5,8-9,12-18,35H2,1H3,(H,36,41)(H,37,40)/t20-,21-,23?,24-,25+,27+/m1/s1. The first-order valence-electron chi connectivity index (χ1n) is 15.8. The van der Waals surface area contributed by atoms with Crippen LogP contribution in [0.25, 0.3) is 0 Å². The highest BCUT2D eigenvalue weighted by Crippen LogP contribution is 2.34. The van der Waals surface area contributed by atoms with Crippen molar-refractivity contribution in [2.45, 2.75) is 101 Å². The van der Waals surface area contributed by atoms with E-state index in [1.807, 2.05) is 31.2 Å². The number of rotatable bonds is 9. The van der Waals surface area contributed by atoms with Crippen LogP contribution in [0.5, 0.6) is 5.75 Å². The van der Waals surface area contributed by atoms with Crippen molar-refractivity contribution in [3.8, 4) is 5.75 Å². The Hall–Kier alpha value is -2.90. The van der Waals surface area contributed by atoms with E-state index in [4.69, 9.17) is 15.2 Å². The zero-order chi connectivity index (χ0) is 31.4. The van der Waals surface area contributed by atoms with Crippen LogP contribution < -0.4 is 21.1 Å². The van der Waals surface area contributed by atoms with Gasteiger partial charge < -0.3 is 30.7 Å². The number of carbonyl (C=O) groups excluding carboxylic acids is 3. The van der Waals surface area contributed by atoms with Gasteiger partial charge in [-0.2, -0.15) is 13.2 Å². The Morgan fingerprint density at radius 2 is 1.84 bits per heavy atom. The molecule has 0 aromatic heterocycles. The molecule has 4 N–H and O–H groups in total. The molecular formula is C31H44F3N5O5. The minimum atomic E-state index is -4.62. The second kappa shape index (κ2) is 14.0. The normalized spacial score (nSPS) is 27.4. The summed E-state index contributed by atoms with van der Waals surface area (Å²) >= 11 is 0. The van der Waals surface area contributed by atoms with E-state index in [1.54, 1.807) is 4.90 Å². The number of hydrogen-bond acceptors (Lipinski definition) is 7. The summed E-state index contributed by atoms with van der Waals surface area (Å²) in [5.74, 6) is -1.34. The number of nitrogens with two attached hydrogens (primary N) is 1. The Morgan fingerprint density at radius 1 is 1.09 bits per heavy atom. The molecule has 1 aromatic carbocycles. The van der Waals surface area contributed by atoms with Gasteiger partial charge in [0.2, 0.25) is 17.7 Å². The van der Waals surface area contributed by atoms with E-state index in [1.165, 1.54) is 0 Å². The van der Waals surface area contributed by atoms with Crippen molar-refractivity contribution >= 4 is 17.7 Å². The van der Waals surface area contributed by atoms with Crippen LogP contribution in [0.15, 0.2) is 24.3 Å². The van der Waals surface area contributed by atoms with Crippen molar-refractivity contribution in [1.29, 1.82) is 0 Å². The fraction of sp³-hybridized carbons (Fsp3) is 0.710. The average Bonchev–Trinajstić information content (AvgIpc) is 3.40. The van der Waals surface area contributed by atoms with E-state index in [0.29, 0.717) is 51.2 Å². The number of amides is 3. The summed E-state index contributed by atoms with van der Waals surface area (Å²) in [6.07, 6.45) is -0.901. The molecule has 3 heterocycles. The lowest BCUT2D eigenvalue weighted by Crippen LogP contribution is -2.66. The summed E-state index contributed by atoms with van der Waals surface area (Å²) in [6.45, 7) is 4.09. The Balaban J connectivity index is 1.40. The molecule has 1 saturated carbocycles. The van der Waals surface area contributed by atoms with Crippen molar-refractivity contribution in [2.24, 2.45) is 11.7 Å².